The van der Waals surface area contributed by atoms with Crippen molar-refractivity contribution in [3.05, 3.63) is 36.0 Å². The minimum absolute atomic E-state index is 0.0342. The van der Waals surface area contributed by atoms with Gasteiger partial charge in [0.25, 0.3) is 5.91 Å². The quantitative estimate of drug-likeness (QED) is 0.612. The Bertz CT molecular complexity index is 937. The maximum Gasteiger partial charge on any atom is 0.324 e. The predicted molar refractivity (Wildman–Crippen MR) is 115 cm³/mol. The fourth-order valence-corrected chi connectivity index (χ4v) is 4.64. The van der Waals surface area contributed by atoms with Gasteiger partial charge in [-0.15, -0.1) is 0 Å². The van der Waals surface area contributed by atoms with Gasteiger partial charge < -0.3 is 15.6 Å². The molecule has 2 heterocycles. The monoisotopic (exact) mass is 410 g/mol. The molecule has 1 aliphatic carbocycles. The van der Waals surface area contributed by atoms with Gasteiger partial charge in [0.1, 0.15) is 6.04 Å². The summed E-state index contributed by atoms with van der Waals surface area (Å²) in [7, 11) is 0. The minimum Gasteiger partial charge on any atom is -0.361 e. The number of para-hydroxylation sites is 1. The van der Waals surface area contributed by atoms with E-state index in [2.05, 4.69) is 22.5 Å². The number of carbonyl (C=O) groups excluding carboxylic acids is 3. The molecule has 0 unspecified atom stereocenters. The Kier molecular flexibility index (Phi) is 6.06. The summed E-state index contributed by atoms with van der Waals surface area (Å²) in [5.41, 5.74) is 2.12. The Morgan fingerprint density at radius 1 is 1.20 bits per heavy atom. The second kappa shape index (κ2) is 8.90. The van der Waals surface area contributed by atoms with Gasteiger partial charge in [-0.05, 0) is 43.2 Å². The summed E-state index contributed by atoms with van der Waals surface area (Å²) < 4.78 is 0. The summed E-state index contributed by atoms with van der Waals surface area (Å²) in [4.78, 5) is 41.8. The van der Waals surface area contributed by atoms with Crippen molar-refractivity contribution in [1.29, 1.82) is 0 Å². The van der Waals surface area contributed by atoms with E-state index in [1.165, 1.54) is 11.3 Å². The van der Waals surface area contributed by atoms with Gasteiger partial charge in [0.05, 0.1) is 0 Å². The molecule has 1 saturated heterocycles. The number of aromatic nitrogens is 1. The summed E-state index contributed by atoms with van der Waals surface area (Å²) in [6.07, 6.45) is 7.65. The van der Waals surface area contributed by atoms with Crippen molar-refractivity contribution in [2.45, 2.75) is 64.0 Å². The number of carbonyl (C=O) groups is 3. The molecule has 2 aliphatic rings. The molecule has 7 nitrogen and oxygen atoms in total. The van der Waals surface area contributed by atoms with Crippen LogP contribution in [0, 0.1) is 5.92 Å². The lowest BCUT2D eigenvalue weighted by atomic mass is 9.86. The molecule has 4 rings (SSSR count). The molecule has 0 bridgehead atoms. The zero-order valence-electron chi connectivity index (χ0n) is 17.4. The van der Waals surface area contributed by atoms with E-state index < -0.39 is 6.04 Å². The van der Waals surface area contributed by atoms with Gasteiger partial charge in [0.2, 0.25) is 5.91 Å². The van der Waals surface area contributed by atoms with Crippen LogP contribution in [0.2, 0.25) is 0 Å². The van der Waals surface area contributed by atoms with Crippen molar-refractivity contribution in [1.82, 2.24) is 20.5 Å². The highest BCUT2D eigenvalue weighted by atomic mass is 16.2. The van der Waals surface area contributed by atoms with Crippen LogP contribution in [0.25, 0.3) is 10.9 Å². The molecule has 2 fully saturated rings. The molecule has 2 aromatic rings. The van der Waals surface area contributed by atoms with Crippen molar-refractivity contribution in [3.63, 3.8) is 0 Å². The number of nitrogens with zero attached hydrogens (tertiary/aromatic N) is 1. The van der Waals surface area contributed by atoms with E-state index >= 15 is 0 Å². The fourth-order valence-electron chi connectivity index (χ4n) is 4.64. The Balaban J connectivity index is 1.27. The number of aromatic amines is 1. The van der Waals surface area contributed by atoms with Gasteiger partial charge in [-0.3, -0.25) is 14.5 Å². The summed E-state index contributed by atoms with van der Waals surface area (Å²) in [5.74, 6) is 0.224. The molecule has 1 aromatic carbocycles. The largest absolute Gasteiger partial charge is 0.361 e. The number of imide groups is 1. The molecular weight excluding hydrogens is 380 g/mol. The molecule has 1 aromatic heterocycles. The zero-order valence-corrected chi connectivity index (χ0v) is 17.4. The lowest BCUT2D eigenvalue weighted by Gasteiger charge is -2.29. The third-order valence-corrected chi connectivity index (χ3v) is 6.50. The van der Waals surface area contributed by atoms with Gasteiger partial charge >= 0.3 is 6.03 Å². The molecule has 3 atom stereocenters. The van der Waals surface area contributed by atoms with Gasteiger partial charge in [0.15, 0.2) is 0 Å². The molecule has 0 radical (unpaired) electrons. The third-order valence-electron chi connectivity index (χ3n) is 6.50. The number of urea groups is 1. The highest BCUT2D eigenvalue weighted by Crippen LogP contribution is 2.24. The first-order valence-corrected chi connectivity index (χ1v) is 11.0. The lowest BCUT2D eigenvalue weighted by molar-refractivity contribution is -0.127. The number of amides is 4. The normalized spacial score (nSPS) is 24.3. The molecule has 4 amide bonds. The van der Waals surface area contributed by atoms with Crippen LogP contribution in [0.4, 0.5) is 4.79 Å². The molecule has 3 N–H and O–H groups in total. The SMILES string of the molecule is C[C@H]1CCCC[C@H]1NC(=O)CC[C@H]1NC(=O)N(CCc2c[nH]c3ccccc23)C1=O. The molecule has 1 saturated carbocycles. The molecule has 7 heteroatoms. The summed E-state index contributed by atoms with van der Waals surface area (Å²) in [6, 6.07) is 7.22. The van der Waals surface area contributed by atoms with Crippen LogP contribution in [-0.2, 0) is 16.0 Å². The van der Waals surface area contributed by atoms with Crippen LogP contribution >= 0.6 is 0 Å². The van der Waals surface area contributed by atoms with Gasteiger partial charge in [-0.25, -0.2) is 4.79 Å². The Hall–Kier alpha value is -2.83. The second-order valence-corrected chi connectivity index (χ2v) is 8.58. The Labute approximate surface area is 176 Å². The van der Waals surface area contributed by atoms with E-state index in [4.69, 9.17) is 0 Å². The third kappa shape index (κ3) is 4.35. The minimum atomic E-state index is -0.616. The van der Waals surface area contributed by atoms with Crippen LogP contribution in [0.1, 0.15) is 51.0 Å². The van der Waals surface area contributed by atoms with Crippen LogP contribution in [0.15, 0.2) is 30.5 Å². The number of fused-ring (bicyclic) bond motifs is 1. The standard InChI is InChI=1S/C23H30N4O3/c1-15-6-2-4-8-18(15)25-21(28)11-10-20-22(29)27(23(30)26-20)13-12-16-14-24-19-9-5-3-7-17(16)19/h3,5,7,9,14-15,18,20,24H,2,4,6,8,10-13H2,1H3,(H,25,28)(H,26,30)/t15-,18+,20+/m0/s1. The average Bonchev–Trinajstić information content (AvgIpc) is 3.27. The van der Waals surface area contributed by atoms with E-state index in [0.29, 0.717) is 25.3 Å². The van der Waals surface area contributed by atoms with E-state index in [1.54, 1.807) is 0 Å². The van der Waals surface area contributed by atoms with Crippen molar-refractivity contribution < 1.29 is 14.4 Å². The van der Waals surface area contributed by atoms with Crippen molar-refractivity contribution in [2.75, 3.05) is 6.54 Å². The Morgan fingerprint density at radius 3 is 2.83 bits per heavy atom. The topological polar surface area (TPSA) is 94.3 Å². The number of benzene rings is 1. The number of hydrogen-bond donors (Lipinski definition) is 3. The van der Waals surface area contributed by atoms with E-state index in [-0.39, 0.29) is 30.3 Å². The van der Waals surface area contributed by atoms with E-state index in [0.717, 1.165) is 35.7 Å². The number of hydrogen-bond acceptors (Lipinski definition) is 3. The number of rotatable bonds is 7. The average molecular weight is 411 g/mol. The van der Waals surface area contributed by atoms with E-state index in [1.807, 2.05) is 30.5 Å². The van der Waals surface area contributed by atoms with Crippen LogP contribution in [-0.4, -0.2) is 46.4 Å². The first-order chi connectivity index (χ1) is 14.5. The maximum absolute atomic E-state index is 12.7. The molecule has 30 heavy (non-hydrogen) atoms. The number of nitrogens with one attached hydrogen (secondary N) is 3. The van der Waals surface area contributed by atoms with E-state index in [9.17, 15) is 14.4 Å². The number of H-pyrrole nitrogens is 1. The van der Waals surface area contributed by atoms with Gasteiger partial charge in [-0.2, -0.15) is 0 Å². The summed E-state index contributed by atoms with van der Waals surface area (Å²) in [6.45, 7) is 2.51. The maximum atomic E-state index is 12.7. The van der Waals surface area contributed by atoms with Crippen LogP contribution in [0.3, 0.4) is 0 Å². The van der Waals surface area contributed by atoms with Gasteiger partial charge in [-0.1, -0.05) is 38.0 Å². The highest BCUT2D eigenvalue weighted by molar-refractivity contribution is 6.04. The predicted octanol–water partition coefficient (Wildman–Crippen LogP) is 3.11. The smallest absolute Gasteiger partial charge is 0.324 e. The lowest BCUT2D eigenvalue weighted by Crippen LogP contribution is -2.41. The molecular formula is C23H30N4O3. The first kappa shape index (κ1) is 20.4. The fraction of sp³-hybridized carbons (Fsp3) is 0.522. The summed E-state index contributed by atoms with van der Waals surface area (Å²) >= 11 is 0. The zero-order chi connectivity index (χ0) is 21.1. The van der Waals surface area contributed by atoms with Crippen LogP contribution in [0.5, 0.6) is 0 Å². The highest BCUT2D eigenvalue weighted by Gasteiger charge is 2.37. The second-order valence-electron chi connectivity index (χ2n) is 8.58. The Morgan fingerprint density at radius 2 is 2.00 bits per heavy atom. The molecule has 160 valence electrons. The molecule has 1 aliphatic heterocycles. The van der Waals surface area contributed by atoms with Crippen LogP contribution < -0.4 is 10.6 Å². The summed E-state index contributed by atoms with van der Waals surface area (Å²) in [5, 5.41) is 6.96. The van der Waals surface area contributed by atoms with Crippen molar-refractivity contribution in [2.24, 2.45) is 5.92 Å². The van der Waals surface area contributed by atoms with Crippen molar-refractivity contribution >= 4 is 28.7 Å². The van der Waals surface area contributed by atoms with Crippen molar-refractivity contribution in [3.8, 4) is 0 Å². The first-order valence-electron chi connectivity index (χ1n) is 11.0. The molecule has 0 spiro atoms. The van der Waals surface area contributed by atoms with Gasteiger partial charge in [0, 0.05) is 36.1 Å².